The van der Waals surface area contributed by atoms with Gasteiger partial charge in [-0.1, -0.05) is 0 Å². The monoisotopic (exact) mass is 312 g/mol. The van der Waals surface area contributed by atoms with Crippen molar-refractivity contribution in [2.75, 3.05) is 14.2 Å². The molecule has 17 heavy (non-hydrogen) atoms. The molecule has 0 unspecified atom stereocenters. The van der Waals surface area contributed by atoms with Crippen LogP contribution < -0.4 is 0 Å². The van der Waals surface area contributed by atoms with E-state index in [1.165, 1.54) is 19.3 Å². The van der Waals surface area contributed by atoms with Gasteiger partial charge in [0, 0.05) is 0 Å². The van der Waals surface area contributed by atoms with E-state index < -0.39 is 0 Å². The van der Waals surface area contributed by atoms with Crippen molar-refractivity contribution in [2.24, 2.45) is 0 Å². The van der Waals surface area contributed by atoms with Crippen LogP contribution in [0.2, 0.25) is 0 Å². The number of methoxy groups -OCH3 is 2. The van der Waals surface area contributed by atoms with Crippen molar-refractivity contribution in [2.45, 2.75) is 32.1 Å². The van der Waals surface area contributed by atoms with Crippen molar-refractivity contribution in [1.29, 1.82) is 0 Å². The molecule has 0 aromatic heterocycles. The zero-order valence-electron chi connectivity index (χ0n) is 10.5. The molecule has 4 heteroatoms. The van der Waals surface area contributed by atoms with E-state index in [0.717, 1.165) is 22.0 Å². The fourth-order valence-corrected chi connectivity index (χ4v) is 1.50. The second-order valence-electron chi connectivity index (χ2n) is 3.49. The van der Waals surface area contributed by atoms with E-state index in [1.807, 2.05) is 12.2 Å². The molecule has 0 N–H and O–H groups in total. The van der Waals surface area contributed by atoms with Gasteiger partial charge < -0.3 is 0 Å². The van der Waals surface area contributed by atoms with Gasteiger partial charge in [-0.05, 0) is 0 Å². The van der Waals surface area contributed by atoms with Gasteiger partial charge in [-0.25, -0.2) is 0 Å². The average molecular weight is 312 g/mol. The van der Waals surface area contributed by atoms with Gasteiger partial charge in [0.15, 0.2) is 0 Å². The summed E-state index contributed by atoms with van der Waals surface area (Å²) < 4.78 is 11.7. The molecular weight excluding hydrogens is 292 g/mol. The maximum atomic E-state index is 4.99. The van der Waals surface area contributed by atoms with E-state index in [4.69, 9.17) is 9.47 Å². The summed E-state index contributed by atoms with van der Waals surface area (Å²) in [6.45, 7) is 0. The van der Waals surface area contributed by atoms with Crippen molar-refractivity contribution in [3.8, 4) is 0 Å². The molecule has 0 heterocycles. The molecular formula is C13H20Cr2O2. The molecule has 0 aliphatic heterocycles. The van der Waals surface area contributed by atoms with Crippen LogP contribution >= 0.6 is 0 Å². The predicted octanol–water partition coefficient (Wildman–Crippen LogP) is 2.70. The number of rotatable bonds is 10. The van der Waals surface area contributed by atoms with Crippen LogP contribution in [0.5, 0.6) is 0 Å². The Morgan fingerprint density at radius 1 is 0.824 bits per heavy atom. The molecule has 0 fully saturated rings. The normalized spacial score (nSPS) is 11.4. The topological polar surface area (TPSA) is 18.5 Å². The van der Waals surface area contributed by atoms with Gasteiger partial charge in [0.25, 0.3) is 0 Å². The molecule has 0 rings (SSSR count). The Morgan fingerprint density at radius 2 is 1.24 bits per heavy atom. The Morgan fingerprint density at radius 3 is 1.59 bits per heavy atom. The predicted molar refractivity (Wildman–Crippen MR) is 65.4 cm³/mol. The minimum atomic E-state index is 0.842. The van der Waals surface area contributed by atoms with Crippen LogP contribution in [-0.2, 0) is 41.2 Å². The molecule has 0 aliphatic rings. The van der Waals surface area contributed by atoms with Crippen LogP contribution in [0, 0.1) is 0 Å². The first-order valence-corrected chi connectivity index (χ1v) is 6.97. The first kappa shape index (κ1) is 17.2. The first-order valence-electron chi connectivity index (χ1n) is 5.69. The molecule has 0 saturated carbocycles. The van der Waals surface area contributed by atoms with Crippen molar-refractivity contribution < 1.29 is 41.2 Å². The van der Waals surface area contributed by atoms with Crippen LogP contribution in [0.4, 0.5) is 0 Å². The van der Waals surface area contributed by atoms with Gasteiger partial charge >= 0.3 is 121 Å². The summed E-state index contributed by atoms with van der Waals surface area (Å²) in [5.74, 6) is 0. The quantitative estimate of drug-likeness (QED) is 0.578. The molecule has 0 atom stereocenters. The van der Waals surface area contributed by atoms with Crippen molar-refractivity contribution in [1.82, 2.24) is 0 Å². The van der Waals surface area contributed by atoms with E-state index in [1.54, 1.807) is 14.2 Å². The van der Waals surface area contributed by atoms with Gasteiger partial charge in [0.2, 0.25) is 0 Å². The Balaban J connectivity index is 3.35. The number of ether oxygens (including phenoxy) is 2. The summed E-state index contributed by atoms with van der Waals surface area (Å²) in [5.41, 5.74) is 0. The Kier molecular flexibility index (Phi) is 12.8. The molecule has 0 saturated heterocycles. The van der Waals surface area contributed by atoms with Gasteiger partial charge in [0.05, 0.1) is 0 Å². The molecule has 0 spiro atoms. The van der Waals surface area contributed by atoms with E-state index >= 15 is 0 Å². The minimum absolute atomic E-state index is 0.842. The Hall–Kier alpha value is 0.205. The summed E-state index contributed by atoms with van der Waals surface area (Å²) in [4.78, 5) is 0. The summed E-state index contributed by atoms with van der Waals surface area (Å²) >= 11 is 5.69. The van der Waals surface area contributed by atoms with Gasteiger partial charge in [0.1, 0.15) is 0 Å². The van der Waals surface area contributed by atoms with E-state index in [0.29, 0.717) is 0 Å². The fourth-order valence-electron chi connectivity index (χ4n) is 1.20. The SMILES string of the molecule is CO[C](=[Cr])/C=C/CCCCC/C=C/[C](=[Cr])OC. The third kappa shape index (κ3) is 12.5. The van der Waals surface area contributed by atoms with Crippen molar-refractivity contribution in [3.63, 3.8) is 0 Å². The molecule has 0 bridgehead atoms. The van der Waals surface area contributed by atoms with Crippen LogP contribution in [0.3, 0.4) is 0 Å². The molecule has 0 radical (unpaired) electrons. The number of allylic oxidation sites excluding steroid dienone is 2. The molecule has 0 amide bonds. The molecule has 2 nitrogen and oxygen atoms in total. The maximum absolute atomic E-state index is 4.99. The number of hydrogen-bond acceptors (Lipinski definition) is 2. The average Bonchev–Trinajstić information content (AvgIpc) is 2.35. The molecule has 0 aromatic rings. The number of unbranched alkanes of at least 4 members (excludes halogenated alkanes) is 4. The second-order valence-corrected chi connectivity index (χ2v) is 4.75. The molecule has 0 aromatic carbocycles. The third-order valence-corrected chi connectivity index (χ3v) is 3.10. The molecule has 0 aliphatic carbocycles. The summed E-state index contributed by atoms with van der Waals surface area (Å²) in [7, 11) is 3.33. The van der Waals surface area contributed by atoms with E-state index in [-0.39, 0.29) is 0 Å². The fraction of sp³-hybridized carbons (Fsp3) is 0.538. The standard InChI is InChI=1S/C13H20O2.2Cr/c1-14-12-10-8-6-4-3-5-7-9-11-13-15-2;;/h8-11H,3-7H2,1-2H3;;/b10-8+,11-9+;;. The summed E-state index contributed by atoms with van der Waals surface area (Å²) in [6.07, 6.45) is 14.1. The van der Waals surface area contributed by atoms with Crippen LogP contribution in [0.15, 0.2) is 24.3 Å². The Labute approximate surface area is 121 Å². The second kappa shape index (κ2) is 12.7. The summed E-state index contributed by atoms with van der Waals surface area (Å²) in [6, 6.07) is 0. The zero-order chi connectivity index (χ0) is 12.9. The number of hydrogen-bond donors (Lipinski definition) is 0. The first-order chi connectivity index (χ1) is 8.20. The van der Waals surface area contributed by atoms with Crippen molar-refractivity contribution in [3.05, 3.63) is 24.3 Å². The van der Waals surface area contributed by atoms with Crippen molar-refractivity contribution >= 4 is 9.13 Å². The molecule has 96 valence electrons. The zero-order valence-corrected chi connectivity index (χ0v) is 13.0. The third-order valence-electron chi connectivity index (χ3n) is 2.15. The summed E-state index contributed by atoms with van der Waals surface area (Å²) in [5, 5.41) is 0. The van der Waals surface area contributed by atoms with Gasteiger partial charge in [-0.15, -0.1) is 0 Å². The van der Waals surface area contributed by atoms with Gasteiger partial charge in [-0.2, -0.15) is 0 Å². The van der Waals surface area contributed by atoms with Crippen LogP contribution in [-0.4, -0.2) is 23.4 Å². The van der Waals surface area contributed by atoms with E-state index in [2.05, 4.69) is 43.9 Å². The van der Waals surface area contributed by atoms with E-state index in [9.17, 15) is 0 Å². The van der Waals surface area contributed by atoms with Crippen LogP contribution in [0.25, 0.3) is 0 Å². The van der Waals surface area contributed by atoms with Gasteiger partial charge in [-0.3, -0.25) is 0 Å². The Bertz CT molecular complexity index is 255. The van der Waals surface area contributed by atoms with Crippen LogP contribution in [0.1, 0.15) is 32.1 Å².